The van der Waals surface area contributed by atoms with Crippen molar-refractivity contribution in [2.24, 2.45) is 5.73 Å². The van der Waals surface area contributed by atoms with Gasteiger partial charge < -0.3 is 15.5 Å². The quantitative estimate of drug-likeness (QED) is 0.849. The minimum Gasteiger partial charge on any atom is -0.342 e. The highest BCUT2D eigenvalue weighted by atomic mass is 15.3. The van der Waals surface area contributed by atoms with E-state index in [2.05, 4.69) is 40.9 Å². The SMILES string of the molecule is CC(N)Cc1cnc(N(C)CC2(N(C)C)CCC2)nc1. The second kappa shape index (κ2) is 6.06. The Morgan fingerprint density at radius 3 is 2.25 bits per heavy atom. The highest BCUT2D eigenvalue weighted by Crippen LogP contribution is 2.37. The van der Waals surface area contributed by atoms with Gasteiger partial charge in [-0.25, -0.2) is 9.97 Å². The maximum Gasteiger partial charge on any atom is 0.225 e. The summed E-state index contributed by atoms with van der Waals surface area (Å²) in [4.78, 5) is 13.5. The summed E-state index contributed by atoms with van der Waals surface area (Å²) >= 11 is 0. The highest BCUT2D eigenvalue weighted by molar-refractivity contribution is 5.30. The largest absolute Gasteiger partial charge is 0.342 e. The summed E-state index contributed by atoms with van der Waals surface area (Å²) in [5.41, 5.74) is 7.19. The van der Waals surface area contributed by atoms with Gasteiger partial charge in [0, 0.05) is 37.6 Å². The number of hydrogen-bond donors (Lipinski definition) is 1. The van der Waals surface area contributed by atoms with E-state index < -0.39 is 0 Å². The first-order valence-corrected chi connectivity index (χ1v) is 7.38. The fraction of sp³-hybridized carbons (Fsp3) is 0.733. The lowest BCUT2D eigenvalue weighted by Crippen LogP contribution is -2.57. The molecule has 2 rings (SSSR count). The summed E-state index contributed by atoms with van der Waals surface area (Å²) in [5, 5.41) is 0. The van der Waals surface area contributed by atoms with Crippen LogP contribution in [-0.2, 0) is 6.42 Å². The van der Waals surface area contributed by atoms with Crippen molar-refractivity contribution in [2.45, 2.75) is 44.2 Å². The normalized spacial score (nSPS) is 18.7. The zero-order valence-electron chi connectivity index (χ0n) is 13.1. The lowest BCUT2D eigenvalue weighted by Gasteiger charge is -2.49. The fourth-order valence-electron chi connectivity index (χ4n) is 2.87. The van der Waals surface area contributed by atoms with Crippen molar-refractivity contribution in [1.29, 1.82) is 0 Å². The van der Waals surface area contributed by atoms with Crippen LogP contribution in [0.2, 0.25) is 0 Å². The first-order chi connectivity index (χ1) is 9.43. The predicted octanol–water partition coefficient (Wildman–Crippen LogP) is 1.29. The number of aromatic nitrogens is 2. The molecule has 1 aliphatic carbocycles. The standard InChI is InChI=1S/C15H27N5/c1-12(16)8-13-9-17-14(18-10-13)20(4)11-15(19(2)3)6-5-7-15/h9-10,12H,5-8,11,16H2,1-4H3. The molecule has 20 heavy (non-hydrogen) atoms. The van der Waals surface area contributed by atoms with Crippen LogP contribution in [0.4, 0.5) is 5.95 Å². The highest BCUT2D eigenvalue weighted by Gasteiger charge is 2.40. The van der Waals surface area contributed by atoms with Gasteiger partial charge >= 0.3 is 0 Å². The Kier molecular flexibility index (Phi) is 4.60. The number of rotatable bonds is 6. The third-order valence-corrected chi connectivity index (χ3v) is 4.36. The summed E-state index contributed by atoms with van der Waals surface area (Å²) in [6.45, 7) is 2.98. The monoisotopic (exact) mass is 277 g/mol. The predicted molar refractivity (Wildman–Crippen MR) is 82.9 cm³/mol. The Bertz CT molecular complexity index is 422. The molecule has 1 aromatic heterocycles. The van der Waals surface area contributed by atoms with Crippen LogP contribution in [0.5, 0.6) is 0 Å². The summed E-state index contributed by atoms with van der Waals surface area (Å²) in [5.74, 6) is 0.798. The maximum absolute atomic E-state index is 5.79. The van der Waals surface area contributed by atoms with Gasteiger partial charge in [-0.1, -0.05) is 0 Å². The van der Waals surface area contributed by atoms with Crippen LogP contribution in [-0.4, -0.2) is 54.1 Å². The molecule has 0 saturated heterocycles. The van der Waals surface area contributed by atoms with Crippen molar-refractivity contribution in [1.82, 2.24) is 14.9 Å². The maximum atomic E-state index is 5.79. The van der Waals surface area contributed by atoms with Gasteiger partial charge in [0.05, 0.1) is 0 Å². The number of anilines is 1. The minimum atomic E-state index is 0.147. The van der Waals surface area contributed by atoms with Gasteiger partial charge in [-0.05, 0) is 52.3 Å². The van der Waals surface area contributed by atoms with E-state index >= 15 is 0 Å². The number of nitrogens with two attached hydrogens (primary N) is 1. The Hall–Kier alpha value is -1.20. The molecule has 5 nitrogen and oxygen atoms in total. The van der Waals surface area contributed by atoms with Crippen LogP contribution in [0, 0.1) is 0 Å². The Balaban J connectivity index is 2.00. The molecular weight excluding hydrogens is 250 g/mol. The van der Waals surface area contributed by atoms with E-state index in [0.717, 1.165) is 24.5 Å². The molecule has 1 aliphatic rings. The second-order valence-electron chi connectivity index (χ2n) is 6.40. The third kappa shape index (κ3) is 3.27. The Labute approximate surface area is 122 Å². The van der Waals surface area contributed by atoms with E-state index in [-0.39, 0.29) is 6.04 Å². The van der Waals surface area contributed by atoms with Gasteiger partial charge in [-0.2, -0.15) is 0 Å². The third-order valence-electron chi connectivity index (χ3n) is 4.36. The summed E-state index contributed by atoms with van der Waals surface area (Å²) in [6.07, 6.45) is 8.45. The van der Waals surface area contributed by atoms with Crippen molar-refractivity contribution in [2.75, 3.05) is 32.6 Å². The molecule has 0 amide bonds. The van der Waals surface area contributed by atoms with E-state index in [1.54, 1.807) is 0 Å². The van der Waals surface area contributed by atoms with Gasteiger partial charge in [0.25, 0.3) is 0 Å². The lowest BCUT2D eigenvalue weighted by atomic mass is 9.75. The molecule has 0 aliphatic heterocycles. The molecule has 1 unspecified atom stereocenters. The molecule has 2 N–H and O–H groups in total. The van der Waals surface area contributed by atoms with Crippen molar-refractivity contribution < 1.29 is 0 Å². The molecule has 0 bridgehead atoms. The van der Waals surface area contributed by atoms with E-state index in [0.29, 0.717) is 5.54 Å². The number of likely N-dealkylation sites (N-methyl/N-ethyl adjacent to an activating group) is 2. The van der Waals surface area contributed by atoms with E-state index in [9.17, 15) is 0 Å². The molecule has 1 fully saturated rings. The smallest absolute Gasteiger partial charge is 0.225 e. The lowest BCUT2D eigenvalue weighted by molar-refractivity contribution is 0.0680. The topological polar surface area (TPSA) is 58.3 Å². The van der Waals surface area contributed by atoms with E-state index in [1.807, 2.05) is 19.3 Å². The van der Waals surface area contributed by atoms with Crippen molar-refractivity contribution >= 4 is 5.95 Å². The molecule has 0 aromatic carbocycles. The summed E-state index contributed by atoms with van der Waals surface area (Å²) in [6, 6.07) is 0.147. The average molecular weight is 277 g/mol. The molecule has 112 valence electrons. The average Bonchev–Trinajstić information content (AvgIpc) is 2.33. The van der Waals surface area contributed by atoms with Gasteiger partial charge in [0.15, 0.2) is 0 Å². The van der Waals surface area contributed by atoms with Crippen molar-refractivity contribution in [3.8, 4) is 0 Å². The Morgan fingerprint density at radius 2 is 1.85 bits per heavy atom. The molecule has 1 saturated carbocycles. The van der Waals surface area contributed by atoms with Crippen LogP contribution in [0.25, 0.3) is 0 Å². The van der Waals surface area contributed by atoms with E-state index in [4.69, 9.17) is 5.73 Å². The van der Waals surface area contributed by atoms with Crippen LogP contribution < -0.4 is 10.6 Å². The zero-order valence-corrected chi connectivity index (χ0v) is 13.1. The molecule has 1 heterocycles. The molecule has 0 spiro atoms. The molecule has 5 heteroatoms. The first-order valence-electron chi connectivity index (χ1n) is 7.38. The molecular formula is C15H27N5. The number of nitrogens with zero attached hydrogens (tertiary/aromatic N) is 4. The summed E-state index contributed by atoms with van der Waals surface area (Å²) in [7, 11) is 6.41. The van der Waals surface area contributed by atoms with Crippen molar-refractivity contribution in [3.05, 3.63) is 18.0 Å². The van der Waals surface area contributed by atoms with Crippen molar-refractivity contribution in [3.63, 3.8) is 0 Å². The van der Waals surface area contributed by atoms with Crippen LogP contribution in [0.15, 0.2) is 12.4 Å². The van der Waals surface area contributed by atoms with E-state index in [1.165, 1.54) is 19.3 Å². The molecule has 0 radical (unpaired) electrons. The second-order valence-corrected chi connectivity index (χ2v) is 6.40. The van der Waals surface area contributed by atoms with Crippen LogP contribution in [0.3, 0.4) is 0 Å². The van der Waals surface area contributed by atoms with Gasteiger partial charge in [0.1, 0.15) is 0 Å². The Morgan fingerprint density at radius 1 is 1.25 bits per heavy atom. The first kappa shape index (κ1) is 15.2. The van der Waals surface area contributed by atoms with Gasteiger partial charge in [0.2, 0.25) is 5.95 Å². The fourth-order valence-corrected chi connectivity index (χ4v) is 2.87. The molecule has 1 atom stereocenters. The summed E-state index contributed by atoms with van der Waals surface area (Å²) < 4.78 is 0. The zero-order chi connectivity index (χ0) is 14.8. The molecule has 1 aromatic rings. The van der Waals surface area contributed by atoms with Crippen LogP contribution >= 0.6 is 0 Å². The van der Waals surface area contributed by atoms with Gasteiger partial charge in [-0.15, -0.1) is 0 Å². The van der Waals surface area contributed by atoms with Gasteiger partial charge in [-0.3, -0.25) is 0 Å². The van der Waals surface area contributed by atoms with Crippen LogP contribution in [0.1, 0.15) is 31.7 Å². The minimum absolute atomic E-state index is 0.147. The number of hydrogen-bond acceptors (Lipinski definition) is 5.